The molecule has 0 aromatic heterocycles. The third kappa shape index (κ3) is 4.77. The Kier molecular flexibility index (Phi) is 5.62. The first-order chi connectivity index (χ1) is 7.96. The van der Waals surface area contributed by atoms with Gasteiger partial charge in [-0.1, -0.05) is 24.6 Å². The first-order valence-electron chi connectivity index (χ1n) is 5.33. The zero-order valence-electron chi connectivity index (χ0n) is 9.65. The third-order valence-electron chi connectivity index (χ3n) is 2.15. The molecule has 0 fully saturated rings. The number of nitrogen functional groups attached to an aromatic ring is 1. The molecule has 0 unspecified atom stereocenters. The van der Waals surface area contributed by atoms with Crippen molar-refractivity contribution in [2.75, 3.05) is 23.0 Å². The molecule has 0 saturated carbocycles. The van der Waals surface area contributed by atoms with E-state index in [0.29, 0.717) is 22.9 Å². The lowest BCUT2D eigenvalue weighted by molar-refractivity contribution is 0.596. The predicted molar refractivity (Wildman–Crippen MR) is 75.5 cm³/mol. The second kappa shape index (κ2) is 6.52. The molecule has 0 amide bonds. The summed E-state index contributed by atoms with van der Waals surface area (Å²) in [6.45, 7) is 1.86. The topological polar surface area (TPSA) is 60.2 Å². The van der Waals surface area contributed by atoms with E-state index in [4.69, 9.17) is 17.3 Å². The molecule has 6 heteroatoms. The molecule has 0 heterocycles. The molecule has 0 aliphatic heterocycles. The van der Waals surface area contributed by atoms with E-state index in [0.717, 1.165) is 4.90 Å². The Morgan fingerprint density at radius 1 is 1.35 bits per heavy atom. The molecule has 3 nitrogen and oxygen atoms in total. The first kappa shape index (κ1) is 14.7. The van der Waals surface area contributed by atoms with Gasteiger partial charge in [-0.3, -0.25) is 0 Å². The van der Waals surface area contributed by atoms with Crippen molar-refractivity contribution in [2.24, 2.45) is 0 Å². The largest absolute Gasteiger partial charge is 0.398 e. The summed E-state index contributed by atoms with van der Waals surface area (Å²) in [5, 5.41) is 0.572. The maximum atomic E-state index is 11.5. The van der Waals surface area contributed by atoms with Crippen molar-refractivity contribution in [2.45, 2.75) is 18.2 Å². The fraction of sp³-hybridized carbons (Fsp3) is 0.455. The normalized spacial score (nSPS) is 11.6. The van der Waals surface area contributed by atoms with Gasteiger partial charge in [0, 0.05) is 22.1 Å². The summed E-state index contributed by atoms with van der Waals surface area (Å²) in [6, 6.07) is 5.28. The summed E-state index contributed by atoms with van der Waals surface area (Å²) in [5.74, 6) is 0.887. The molecule has 1 aromatic rings. The molecule has 0 aliphatic carbocycles. The number of sulfone groups is 1. The Bertz CT molecular complexity index is 454. The lowest BCUT2D eigenvalue weighted by Crippen LogP contribution is -2.12. The highest BCUT2D eigenvalue weighted by atomic mass is 35.5. The van der Waals surface area contributed by atoms with Gasteiger partial charge in [0.15, 0.2) is 9.84 Å². The number of hydrogen-bond acceptors (Lipinski definition) is 4. The van der Waals surface area contributed by atoms with Gasteiger partial charge in [0.05, 0.1) is 10.8 Å². The monoisotopic (exact) mass is 293 g/mol. The Morgan fingerprint density at radius 2 is 2.06 bits per heavy atom. The Labute approximate surface area is 112 Å². The minimum Gasteiger partial charge on any atom is -0.398 e. The summed E-state index contributed by atoms with van der Waals surface area (Å²) in [5.41, 5.74) is 6.37. The van der Waals surface area contributed by atoms with Crippen LogP contribution in [0, 0.1) is 0 Å². The van der Waals surface area contributed by atoms with Crippen LogP contribution in [0.1, 0.15) is 13.3 Å². The van der Waals surface area contributed by atoms with E-state index in [1.54, 1.807) is 18.2 Å². The van der Waals surface area contributed by atoms with E-state index >= 15 is 0 Å². The Morgan fingerprint density at radius 3 is 2.65 bits per heavy atom. The number of anilines is 1. The van der Waals surface area contributed by atoms with Gasteiger partial charge in [0.2, 0.25) is 0 Å². The standard InChI is InChI=1S/C11H16ClNO2S2/c1-2-7-17(14,15)8-6-16-11-9(12)4-3-5-10(11)13/h3-5H,2,6-8,13H2,1H3. The van der Waals surface area contributed by atoms with Gasteiger partial charge in [-0.05, 0) is 18.6 Å². The second-order valence-corrected chi connectivity index (χ2v) is 7.47. The molecule has 0 aliphatic rings. The lowest BCUT2D eigenvalue weighted by Gasteiger charge is -2.07. The molecule has 0 radical (unpaired) electrons. The van der Waals surface area contributed by atoms with E-state index in [1.807, 2.05) is 6.92 Å². The summed E-state index contributed by atoms with van der Waals surface area (Å²) < 4.78 is 23.0. The number of nitrogens with two attached hydrogens (primary N) is 1. The van der Waals surface area contributed by atoms with Crippen LogP contribution in [0.25, 0.3) is 0 Å². The number of hydrogen-bond donors (Lipinski definition) is 1. The van der Waals surface area contributed by atoms with Crippen molar-refractivity contribution in [3.63, 3.8) is 0 Å². The maximum absolute atomic E-state index is 11.5. The molecule has 0 saturated heterocycles. The molecular weight excluding hydrogens is 278 g/mol. The van der Waals surface area contributed by atoms with E-state index < -0.39 is 9.84 Å². The Hall–Kier alpha value is -0.390. The van der Waals surface area contributed by atoms with Gasteiger partial charge in [0.25, 0.3) is 0 Å². The lowest BCUT2D eigenvalue weighted by atomic mass is 10.3. The fourth-order valence-corrected chi connectivity index (χ4v) is 4.53. The SMILES string of the molecule is CCCS(=O)(=O)CCSc1c(N)cccc1Cl. The summed E-state index contributed by atoms with van der Waals surface area (Å²) in [6.07, 6.45) is 0.654. The summed E-state index contributed by atoms with van der Waals surface area (Å²) in [4.78, 5) is 0.765. The van der Waals surface area contributed by atoms with Gasteiger partial charge < -0.3 is 5.73 Å². The van der Waals surface area contributed by atoms with Crippen molar-refractivity contribution in [1.82, 2.24) is 0 Å². The van der Waals surface area contributed by atoms with Crippen molar-refractivity contribution < 1.29 is 8.42 Å². The Balaban J connectivity index is 2.57. The maximum Gasteiger partial charge on any atom is 0.151 e. The molecule has 1 rings (SSSR count). The van der Waals surface area contributed by atoms with Crippen LogP contribution >= 0.6 is 23.4 Å². The molecule has 0 spiro atoms. The van der Waals surface area contributed by atoms with Crippen LogP contribution in [0.4, 0.5) is 5.69 Å². The quantitative estimate of drug-likeness (QED) is 0.647. The van der Waals surface area contributed by atoms with Crippen LogP contribution in [0.5, 0.6) is 0 Å². The minimum atomic E-state index is -2.93. The average molecular weight is 294 g/mol. The van der Waals surface area contributed by atoms with E-state index in [2.05, 4.69) is 0 Å². The molecule has 2 N–H and O–H groups in total. The van der Waals surface area contributed by atoms with Crippen molar-refractivity contribution in [1.29, 1.82) is 0 Å². The minimum absolute atomic E-state index is 0.163. The van der Waals surface area contributed by atoms with Crippen molar-refractivity contribution in [3.05, 3.63) is 23.2 Å². The highest BCUT2D eigenvalue weighted by molar-refractivity contribution is 8.01. The molecule has 96 valence electrons. The number of benzene rings is 1. The highest BCUT2D eigenvalue weighted by Crippen LogP contribution is 2.32. The van der Waals surface area contributed by atoms with Crippen LogP contribution in [-0.4, -0.2) is 25.7 Å². The average Bonchev–Trinajstić information content (AvgIpc) is 2.22. The second-order valence-electron chi connectivity index (χ2n) is 3.66. The van der Waals surface area contributed by atoms with Crippen LogP contribution in [0.2, 0.25) is 5.02 Å². The van der Waals surface area contributed by atoms with Crippen LogP contribution in [-0.2, 0) is 9.84 Å². The van der Waals surface area contributed by atoms with Gasteiger partial charge in [-0.2, -0.15) is 0 Å². The molecule has 17 heavy (non-hydrogen) atoms. The zero-order chi connectivity index (χ0) is 12.9. The van der Waals surface area contributed by atoms with Gasteiger partial charge in [-0.15, -0.1) is 11.8 Å². The fourth-order valence-electron chi connectivity index (χ4n) is 1.36. The molecular formula is C11H16ClNO2S2. The summed E-state index contributed by atoms with van der Waals surface area (Å²) >= 11 is 7.38. The number of thioether (sulfide) groups is 1. The van der Waals surface area contributed by atoms with Gasteiger partial charge >= 0.3 is 0 Å². The molecule has 0 atom stereocenters. The van der Waals surface area contributed by atoms with Crippen molar-refractivity contribution in [3.8, 4) is 0 Å². The first-order valence-corrected chi connectivity index (χ1v) is 8.52. The van der Waals surface area contributed by atoms with E-state index in [-0.39, 0.29) is 11.5 Å². The van der Waals surface area contributed by atoms with Crippen LogP contribution < -0.4 is 5.73 Å². The van der Waals surface area contributed by atoms with Crippen LogP contribution in [0.3, 0.4) is 0 Å². The number of halogens is 1. The molecule has 0 bridgehead atoms. The van der Waals surface area contributed by atoms with Crippen LogP contribution in [0.15, 0.2) is 23.1 Å². The zero-order valence-corrected chi connectivity index (χ0v) is 12.0. The molecule has 1 aromatic carbocycles. The summed E-state index contributed by atoms with van der Waals surface area (Å²) in [7, 11) is -2.93. The highest BCUT2D eigenvalue weighted by Gasteiger charge is 2.11. The van der Waals surface area contributed by atoms with Crippen molar-refractivity contribution >= 4 is 38.9 Å². The van der Waals surface area contributed by atoms with Gasteiger partial charge in [-0.25, -0.2) is 8.42 Å². The van der Waals surface area contributed by atoms with E-state index in [9.17, 15) is 8.42 Å². The third-order valence-corrected chi connectivity index (χ3v) is 5.85. The number of rotatable bonds is 6. The predicted octanol–water partition coefficient (Wildman–Crippen LogP) is 2.84. The van der Waals surface area contributed by atoms with Gasteiger partial charge in [0.1, 0.15) is 0 Å². The van der Waals surface area contributed by atoms with E-state index in [1.165, 1.54) is 11.8 Å². The smallest absolute Gasteiger partial charge is 0.151 e.